The molecule has 0 bridgehead atoms. The minimum Gasteiger partial charge on any atom is -0.309 e. The number of halogens is 1. The zero-order valence-electron chi connectivity index (χ0n) is 7.92. The van der Waals surface area contributed by atoms with Crippen LogP contribution < -0.4 is 5.56 Å². The van der Waals surface area contributed by atoms with Gasteiger partial charge in [0.05, 0.1) is 11.3 Å². The summed E-state index contributed by atoms with van der Waals surface area (Å²) in [7, 11) is 0. The van der Waals surface area contributed by atoms with Crippen molar-refractivity contribution in [1.29, 1.82) is 0 Å². The van der Waals surface area contributed by atoms with Crippen LogP contribution in [0, 0.1) is 0 Å². The van der Waals surface area contributed by atoms with Crippen molar-refractivity contribution in [1.82, 2.24) is 9.97 Å². The van der Waals surface area contributed by atoms with Gasteiger partial charge in [-0.05, 0) is 29.7 Å². The predicted molar refractivity (Wildman–Crippen MR) is 61.8 cm³/mol. The number of rotatable bonds is 2. The quantitative estimate of drug-likeness (QED) is 0.821. The number of thiophene rings is 1. The van der Waals surface area contributed by atoms with Crippen LogP contribution in [0.3, 0.4) is 0 Å². The fourth-order valence-corrected chi connectivity index (χ4v) is 2.94. The Morgan fingerprint density at radius 2 is 2.40 bits per heavy atom. The van der Waals surface area contributed by atoms with E-state index in [1.54, 1.807) is 0 Å². The Labute approximate surface area is 95.1 Å². The summed E-state index contributed by atoms with van der Waals surface area (Å²) in [6.45, 7) is 0. The zero-order chi connectivity index (χ0) is 10.4. The Bertz CT molecular complexity index is 570. The molecule has 0 spiro atoms. The number of aromatic amines is 1. The van der Waals surface area contributed by atoms with Gasteiger partial charge in [-0.1, -0.05) is 0 Å². The van der Waals surface area contributed by atoms with Crippen molar-refractivity contribution in [2.24, 2.45) is 0 Å². The van der Waals surface area contributed by atoms with Crippen LogP contribution in [0.2, 0.25) is 0 Å². The number of alkyl halides is 1. The molecule has 78 valence electrons. The first-order valence-corrected chi connectivity index (χ1v) is 6.27. The maximum absolute atomic E-state index is 11.8. The highest BCUT2D eigenvalue weighted by Gasteiger charge is 2.27. The second-order valence-corrected chi connectivity index (χ2v) is 4.92. The van der Waals surface area contributed by atoms with E-state index in [0.717, 1.165) is 10.2 Å². The van der Waals surface area contributed by atoms with Crippen LogP contribution in [0.15, 0.2) is 10.2 Å². The lowest BCUT2D eigenvalue weighted by molar-refractivity contribution is 1.03. The third-order valence-corrected chi connectivity index (χ3v) is 3.81. The van der Waals surface area contributed by atoms with Gasteiger partial charge in [0, 0.05) is 0 Å². The first-order valence-electron chi connectivity index (χ1n) is 4.86. The van der Waals surface area contributed by atoms with Crippen molar-refractivity contribution in [3.8, 4) is 0 Å². The Hall–Kier alpha value is -0.870. The maximum atomic E-state index is 11.8. The molecule has 3 rings (SSSR count). The number of hydrogen-bond donors (Lipinski definition) is 1. The molecule has 1 aliphatic carbocycles. The lowest BCUT2D eigenvalue weighted by Gasteiger charge is -1.96. The molecule has 5 heteroatoms. The predicted octanol–water partition coefficient (Wildman–Crippen LogP) is 2.60. The summed E-state index contributed by atoms with van der Waals surface area (Å²) < 4.78 is 0. The minimum absolute atomic E-state index is 0.0428. The van der Waals surface area contributed by atoms with E-state index in [-0.39, 0.29) is 11.4 Å². The van der Waals surface area contributed by atoms with E-state index in [1.165, 1.54) is 29.7 Å². The molecule has 15 heavy (non-hydrogen) atoms. The highest BCUT2D eigenvalue weighted by Crippen LogP contribution is 2.43. The number of aromatic nitrogens is 2. The molecule has 2 aromatic rings. The van der Waals surface area contributed by atoms with Gasteiger partial charge in [-0.15, -0.1) is 22.9 Å². The summed E-state index contributed by atoms with van der Waals surface area (Å²) >= 11 is 7.19. The molecular formula is C10H9ClN2OS. The fraction of sp³-hybridized carbons (Fsp3) is 0.400. The third-order valence-electron chi connectivity index (χ3n) is 2.67. The smallest absolute Gasteiger partial charge is 0.259 e. The molecule has 0 aliphatic heterocycles. The summed E-state index contributed by atoms with van der Waals surface area (Å²) in [6.07, 6.45) is 2.39. The first-order chi connectivity index (χ1) is 7.29. The normalized spacial score (nSPS) is 16.1. The fourth-order valence-electron chi connectivity index (χ4n) is 1.77. The van der Waals surface area contributed by atoms with Crippen LogP contribution in [0.5, 0.6) is 0 Å². The Kier molecular flexibility index (Phi) is 2.07. The molecule has 0 unspecified atom stereocenters. The average molecular weight is 241 g/mol. The van der Waals surface area contributed by atoms with E-state index in [9.17, 15) is 4.79 Å². The Morgan fingerprint density at radius 1 is 1.60 bits per heavy atom. The first kappa shape index (κ1) is 9.36. The van der Waals surface area contributed by atoms with Gasteiger partial charge in [-0.25, -0.2) is 4.98 Å². The topological polar surface area (TPSA) is 45.8 Å². The van der Waals surface area contributed by atoms with Crippen LogP contribution >= 0.6 is 22.9 Å². The maximum Gasteiger partial charge on any atom is 0.259 e. The number of nitrogens with one attached hydrogen (secondary N) is 1. The number of H-pyrrole nitrogens is 1. The van der Waals surface area contributed by atoms with E-state index in [1.807, 2.05) is 0 Å². The van der Waals surface area contributed by atoms with E-state index < -0.39 is 0 Å². The summed E-state index contributed by atoms with van der Waals surface area (Å²) in [5.41, 5.74) is 1.13. The van der Waals surface area contributed by atoms with Gasteiger partial charge in [-0.3, -0.25) is 4.79 Å². The molecule has 0 amide bonds. The average Bonchev–Trinajstić information content (AvgIpc) is 2.99. The van der Waals surface area contributed by atoms with Crippen molar-refractivity contribution in [3.63, 3.8) is 0 Å². The standard InChI is InChI=1S/C10H9ClN2OS/c11-3-7-12-9(14)8-6(5-1-2-5)4-15-10(8)13-7/h4-5H,1-3H2,(H,12,13,14). The van der Waals surface area contributed by atoms with E-state index in [4.69, 9.17) is 11.6 Å². The lowest BCUT2D eigenvalue weighted by Crippen LogP contribution is -2.10. The van der Waals surface area contributed by atoms with Crippen molar-refractivity contribution < 1.29 is 0 Å². The molecule has 1 saturated carbocycles. The van der Waals surface area contributed by atoms with Crippen LogP contribution in [0.25, 0.3) is 10.2 Å². The highest BCUT2D eigenvalue weighted by atomic mass is 35.5. The van der Waals surface area contributed by atoms with Gasteiger partial charge in [0.1, 0.15) is 10.7 Å². The van der Waals surface area contributed by atoms with Crippen molar-refractivity contribution in [2.45, 2.75) is 24.6 Å². The van der Waals surface area contributed by atoms with Crippen molar-refractivity contribution >= 4 is 33.2 Å². The van der Waals surface area contributed by atoms with E-state index in [0.29, 0.717) is 11.7 Å². The van der Waals surface area contributed by atoms with Crippen LogP contribution in [0.4, 0.5) is 0 Å². The molecule has 2 aromatic heterocycles. The number of nitrogens with zero attached hydrogens (tertiary/aromatic N) is 1. The van der Waals surface area contributed by atoms with Gasteiger partial charge in [-0.2, -0.15) is 0 Å². The van der Waals surface area contributed by atoms with Gasteiger partial charge in [0.2, 0.25) is 0 Å². The summed E-state index contributed by atoms with van der Waals surface area (Å²) in [5, 5.41) is 2.83. The molecule has 1 fully saturated rings. The van der Waals surface area contributed by atoms with Gasteiger partial charge >= 0.3 is 0 Å². The van der Waals surface area contributed by atoms with E-state index >= 15 is 0 Å². The summed E-state index contributed by atoms with van der Waals surface area (Å²) in [4.78, 5) is 19.7. The number of hydrogen-bond acceptors (Lipinski definition) is 3. The van der Waals surface area contributed by atoms with Crippen LogP contribution in [-0.2, 0) is 5.88 Å². The highest BCUT2D eigenvalue weighted by molar-refractivity contribution is 7.16. The van der Waals surface area contributed by atoms with E-state index in [2.05, 4.69) is 15.3 Å². The number of fused-ring (bicyclic) bond motifs is 1. The van der Waals surface area contributed by atoms with Gasteiger partial charge in [0.15, 0.2) is 0 Å². The van der Waals surface area contributed by atoms with Crippen molar-refractivity contribution in [2.75, 3.05) is 0 Å². The third kappa shape index (κ3) is 1.48. The minimum atomic E-state index is -0.0428. The molecular weight excluding hydrogens is 232 g/mol. The second-order valence-electron chi connectivity index (χ2n) is 3.79. The molecule has 0 radical (unpaired) electrons. The molecule has 0 atom stereocenters. The summed E-state index contributed by atoms with van der Waals surface area (Å²) in [5.74, 6) is 1.39. The monoisotopic (exact) mass is 240 g/mol. The molecule has 1 aliphatic rings. The molecule has 1 N–H and O–H groups in total. The molecule has 3 nitrogen and oxygen atoms in total. The zero-order valence-corrected chi connectivity index (χ0v) is 9.49. The van der Waals surface area contributed by atoms with Crippen molar-refractivity contribution in [3.05, 3.63) is 27.1 Å². The van der Waals surface area contributed by atoms with Crippen LogP contribution in [-0.4, -0.2) is 9.97 Å². The summed E-state index contributed by atoms with van der Waals surface area (Å²) in [6, 6.07) is 0. The Morgan fingerprint density at radius 3 is 3.07 bits per heavy atom. The van der Waals surface area contributed by atoms with Gasteiger partial charge in [0.25, 0.3) is 5.56 Å². The molecule has 0 aromatic carbocycles. The molecule has 2 heterocycles. The molecule has 0 saturated heterocycles. The van der Waals surface area contributed by atoms with Crippen LogP contribution in [0.1, 0.15) is 30.1 Å². The SMILES string of the molecule is O=c1[nH]c(CCl)nc2scc(C3CC3)c12. The lowest BCUT2D eigenvalue weighted by atomic mass is 10.1. The second kappa shape index (κ2) is 3.32. The van der Waals surface area contributed by atoms with Gasteiger partial charge < -0.3 is 4.98 Å². The largest absolute Gasteiger partial charge is 0.309 e. The Balaban J connectivity index is 2.30.